The van der Waals surface area contributed by atoms with E-state index in [4.69, 9.17) is 0 Å². The zero-order valence-corrected chi connectivity index (χ0v) is 20.4. The lowest BCUT2D eigenvalue weighted by Gasteiger charge is -2.31. The van der Waals surface area contributed by atoms with Crippen molar-refractivity contribution in [3.63, 3.8) is 0 Å². The Bertz CT molecular complexity index is 1280. The molecule has 2 amide bonds. The minimum Gasteiger partial charge on any atom is -0.354 e. The highest BCUT2D eigenvalue weighted by molar-refractivity contribution is 6.01. The van der Waals surface area contributed by atoms with Crippen LogP contribution in [0.1, 0.15) is 37.4 Å². The maximum Gasteiger partial charge on any atom is 0.249 e. The second-order valence-corrected chi connectivity index (χ2v) is 9.12. The third-order valence-electron chi connectivity index (χ3n) is 5.93. The average molecular weight is 470 g/mol. The number of hydrogen-bond acceptors (Lipinski definition) is 4. The molecule has 7 nitrogen and oxygen atoms in total. The molecule has 0 fully saturated rings. The predicted octanol–water partition coefficient (Wildman–Crippen LogP) is 4.68. The van der Waals surface area contributed by atoms with Crippen LogP contribution in [-0.2, 0) is 16.1 Å². The van der Waals surface area contributed by atoms with E-state index >= 15 is 0 Å². The quantitative estimate of drug-likeness (QED) is 0.386. The van der Waals surface area contributed by atoms with Gasteiger partial charge in [0.2, 0.25) is 11.8 Å². The molecule has 0 spiro atoms. The monoisotopic (exact) mass is 469 g/mol. The standard InChI is InChI=1S/C28H31N5O2/c1-20(2)17-18-29-28(35)27(22-9-5-4-6-10-22)33(23-15-13-21(3)14-16-23)26(34)19-32-25-12-8-7-11-24(25)30-31-32/h4-16,20,27H,17-19H2,1-3H3,(H,29,35)/t27-/m1/s1. The van der Waals surface area contributed by atoms with E-state index in [-0.39, 0.29) is 18.4 Å². The zero-order chi connectivity index (χ0) is 24.8. The largest absolute Gasteiger partial charge is 0.354 e. The average Bonchev–Trinajstić information content (AvgIpc) is 3.26. The number of nitrogens with one attached hydrogen (secondary N) is 1. The molecule has 0 aliphatic heterocycles. The Balaban J connectivity index is 1.73. The first-order chi connectivity index (χ1) is 16.9. The summed E-state index contributed by atoms with van der Waals surface area (Å²) in [6, 6.07) is 23.8. The first kappa shape index (κ1) is 24.1. The van der Waals surface area contributed by atoms with E-state index < -0.39 is 6.04 Å². The number of rotatable bonds is 9. The van der Waals surface area contributed by atoms with Crippen LogP contribution < -0.4 is 10.2 Å². The van der Waals surface area contributed by atoms with E-state index in [2.05, 4.69) is 29.5 Å². The lowest BCUT2D eigenvalue weighted by Crippen LogP contribution is -2.45. The zero-order valence-electron chi connectivity index (χ0n) is 20.4. The lowest BCUT2D eigenvalue weighted by atomic mass is 10.0. The summed E-state index contributed by atoms with van der Waals surface area (Å²) in [5, 5.41) is 11.4. The highest BCUT2D eigenvalue weighted by Crippen LogP contribution is 2.29. The van der Waals surface area contributed by atoms with Gasteiger partial charge in [0.15, 0.2) is 0 Å². The molecular formula is C28H31N5O2. The minimum absolute atomic E-state index is 0.0446. The molecule has 0 radical (unpaired) electrons. The number of fused-ring (bicyclic) bond motifs is 1. The minimum atomic E-state index is -0.826. The SMILES string of the molecule is Cc1ccc(N(C(=O)Cn2nnc3ccccc32)[C@@H](C(=O)NCCC(C)C)c2ccccc2)cc1. The van der Waals surface area contributed by atoms with Crippen molar-refractivity contribution in [3.05, 3.63) is 90.0 Å². The number of para-hydroxylation sites is 1. The van der Waals surface area contributed by atoms with Crippen molar-refractivity contribution >= 4 is 28.5 Å². The van der Waals surface area contributed by atoms with Gasteiger partial charge in [-0.3, -0.25) is 14.5 Å². The van der Waals surface area contributed by atoms with Gasteiger partial charge >= 0.3 is 0 Å². The van der Waals surface area contributed by atoms with Gasteiger partial charge in [-0.05, 0) is 49.1 Å². The highest BCUT2D eigenvalue weighted by Gasteiger charge is 2.33. The van der Waals surface area contributed by atoms with Crippen molar-refractivity contribution in [2.24, 2.45) is 5.92 Å². The molecule has 4 rings (SSSR count). The van der Waals surface area contributed by atoms with Crippen LogP contribution >= 0.6 is 0 Å². The Morgan fingerprint density at radius 1 is 0.943 bits per heavy atom. The molecule has 1 aromatic heterocycles. The molecule has 0 saturated heterocycles. The molecule has 180 valence electrons. The van der Waals surface area contributed by atoms with Crippen molar-refractivity contribution in [2.75, 3.05) is 11.4 Å². The number of amides is 2. The van der Waals surface area contributed by atoms with Crippen molar-refractivity contribution in [1.29, 1.82) is 0 Å². The molecule has 1 heterocycles. The van der Waals surface area contributed by atoms with Gasteiger partial charge in [0.1, 0.15) is 18.1 Å². The molecule has 4 aromatic rings. The predicted molar refractivity (Wildman–Crippen MR) is 138 cm³/mol. The molecule has 0 aliphatic rings. The maximum absolute atomic E-state index is 13.9. The molecule has 1 atom stereocenters. The summed E-state index contributed by atoms with van der Waals surface area (Å²) < 4.78 is 1.58. The Hall–Kier alpha value is -4.00. The third-order valence-corrected chi connectivity index (χ3v) is 5.93. The van der Waals surface area contributed by atoms with E-state index in [1.54, 1.807) is 9.58 Å². The van der Waals surface area contributed by atoms with Gasteiger partial charge in [0.25, 0.3) is 0 Å². The normalized spacial score (nSPS) is 12.0. The summed E-state index contributed by atoms with van der Waals surface area (Å²) in [5.74, 6) is -0.00695. The maximum atomic E-state index is 13.9. The fourth-order valence-electron chi connectivity index (χ4n) is 4.01. The van der Waals surface area contributed by atoms with E-state index in [1.165, 1.54) is 0 Å². The van der Waals surface area contributed by atoms with Gasteiger partial charge in [-0.1, -0.05) is 79.2 Å². The Morgan fingerprint density at radius 2 is 1.63 bits per heavy atom. The topological polar surface area (TPSA) is 80.1 Å². The smallest absolute Gasteiger partial charge is 0.249 e. The van der Waals surface area contributed by atoms with Crippen LogP contribution in [0.5, 0.6) is 0 Å². The summed E-state index contributed by atoms with van der Waals surface area (Å²) in [5.41, 5.74) is 3.95. The van der Waals surface area contributed by atoms with Crippen molar-refractivity contribution in [1.82, 2.24) is 20.3 Å². The molecule has 1 N–H and O–H groups in total. The number of anilines is 1. The van der Waals surface area contributed by atoms with Crippen molar-refractivity contribution in [3.8, 4) is 0 Å². The van der Waals surface area contributed by atoms with Crippen LogP contribution in [0, 0.1) is 12.8 Å². The van der Waals surface area contributed by atoms with Crippen molar-refractivity contribution in [2.45, 2.75) is 39.8 Å². The highest BCUT2D eigenvalue weighted by atomic mass is 16.2. The van der Waals surface area contributed by atoms with E-state index in [0.29, 0.717) is 23.7 Å². The number of nitrogens with zero attached hydrogens (tertiary/aromatic N) is 4. The van der Waals surface area contributed by atoms with Gasteiger partial charge in [-0.2, -0.15) is 0 Å². The number of carbonyl (C=O) groups excluding carboxylic acids is 2. The van der Waals surface area contributed by atoms with Crippen LogP contribution in [0.4, 0.5) is 5.69 Å². The van der Waals surface area contributed by atoms with E-state index in [9.17, 15) is 9.59 Å². The fraction of sp³-hybridized carbons (Fsp3) is 0.286. The van der Waals surface area contributed by atoms with Gasteiger partial charge < -0.3 is 5.32 Å². The number of aromatic nitrogens is 3. The molecule has 0 saturated carbocycles. The fourth-order valence-corrected chi connectivity index (χ4v) is 4.01. The first-order valence-electron chi connectivity index (χ1n) is 11.9. The molecule has 0 unspecified atom stereocenters. The first-order valence-corrected chi connectivity index (χ1v) is 11.9. The summed E-state index contributed by atoms with van der Waals surface area (Å²) in [7, 11) is 0. The van der Waals surface area contributed by atoms with E-state index in [0.717, 1.165) is 23.1 Å². The van der Waals surface area contributed by atoms with Crippen LogP contribution in [0.2, 0.25) is 0 Å². The van der Waals surface area contributed by atoms with Crippen LogP contribution in [0.15, 0.2) is 78.9 Å². The Kier molecular flexibility index (Phi) is 7.55. The lowest BCUT2D eigenvalue weighted by molar-refractivity contribution is -0.127. The molecule has 0 aliphatic carbocycles. The Labute approximate surface area is 205 Å². The number of aryl methyl sites for hydroxylation is 1. The van der Waals surface area contributed by atoms with Crippen molar-refractivity contribution < 1.29 is 9.59 Å². The number of carbonyl (C=O) groups is 2. The van der Waals surface area contributed by atoms with Gasteiger partial charge in [0.05, 0.1) is 5.52 Å². The van der Waals surface area contributed by atoms with Gasteiger partial charge in [-0.15, -0.1) is 5.10 Å². The second-order valence-electron chi connectivity index (χ2n) is 9.12. The summed E-state index contributed by atoms with van der Waals surface area (Å²) in [6.07, 6.45) is 0.858. The van der Waals surface area contributed by atoms with Gasteiger partial charge in [0, 0.05) is 12.2 Å². The van der Waals surface area contributed by atoms with Crippen LogP contribution in [-0.4, -0.2) is 33.4 Å². The number of hydrogen-bond donors (Lipinski definition) is 1. The molecular weight excluding hydrogens is 438 g/mol. The molecule has 7 heteroatoms. The van der Waals surface area contributed by atoms with E-state index in [1.807, 2.05) is 85.8 Å². The summed E-state index contributed by atoms with van der Waals surface area (Å²) in [6.45, 7) is 6.72. The Morgan fingerprint density at radius 3 is 2.34 bits per heavy atom. The van der Waals surface area contributed by atoms with Gasteiger partial charge in [-0.25, -0.2) is 4.68 Å². The van der Waals surface area contributed by atoms with Crippen LogP contribution in [0.25, 0.3) is 11.0 Å². The third kappa shape index (κ3) is 5.74. The molecule has 0 bridgehead atoms. The summed E-state index contributed by atoms with van der Waals surface area (Å²) in [4.78, 5) is 29.1. The molecule has 35 heavy (non-hydrogen) atoms. The molecule has 3 aromatic carbocycles. The van der Waals surface area contributed by atoms with Crippen LogP contribution in [0.3, 0.4) is 0 Å². The second kappa shape index (κ2) is 11.0. The number of benzene rings is 3. The summed E-state index contributed by atoms with van der Waals surface area (Å²) >= 11 is 0.